The molecule has 2 aromatic carbocycles. The molecule has 24 heavy (non-hydrogen) atoms. The summed E-state index contributed by atoms with van der Waals surface area (Å²) in [5.41, 5.74) is 4.64. The maximum atomic E-state index is 4.86. The van der Waals surface area contributed by atoms with Gasteiger partial charge in [-0.3, -0.25) is 0 Å². The van der Waals surface area contributed by atoms with E-state index in [-0.39, 0.29) is 0 Å². The molecule has 0 amide bonds. The number of aromatic nitrogens is 1. The van der Waals surface area contributed by atoms with Gasteiger partial charge in [0, 0.05) is 23.5 Å². The summed E-state index contributed by atoms with van der Waals surface area (Å²) in [7, 11) is 0. The van der Waals surface area contributed by atoms with Crippen molar-refractivity contribution in [1.82, 2.24) is 4.98 Å². The monoisotopic (exact) mass is 334 g/mol. The number of thiazole rings is 1. The Kier molecular flexibility index (Phi) is 5.11. The first kappa shape index (κ1) is 16.5. The van der Waals surface area contributed by atoms with Crippen LogP contribution < -0.4 is 4.90 Å². The van der Waals surface area contributed by atoms with Crippen LogP contribution in [0.15, 0.2) is 66.6 Å². The van der Waals surface area contributed by atoms with Crippen LogP contribution >= 0.6 is 11.3 Å². The third kappa shape index (κ3) is 3.74. The van der Waals surface area contributed by atoms with Gasteiger partial charge in [0.1, 0.15) is 0 Å². The van der Waals surface area contributed by atoms with Crippen molar-refractivity contribution in [2.24, 2.45) is 0 Å². The fourth-order valence-electron chi connectivity index (χ4n) is 2.56. The predicted molar refractivity (Wildman–Crippen MR) is 105 cm³/mol. The van der Waals surface area contributed by atoms with Crippen LogP contribution in [0.1, 0.15) is 25.0 Å². The van der Waals surface area contributed by atoms with Gasteiger partial charge in [0.25, 0.3) is 0 Å². The van der Waals surface area contributed by atoms with Crippen LogP contribution in [0.3, 0.4) is 0 Å². The molecule has 3 rings (SSSR count). The fraction of sp³-hybridized carbons (Fsp3) is 0.190. The average Bonchev–Trinajstić information content (AvgIpc) is 3.10. The molecule has 0 saturated heterocycles. The predicted octanol–water partition coefficient (Wildman–Crippen LogP) is 5.87. The van der Waals surface area contributed by atoms with Crippen molar-refractivity contribution in [2.75, 3.05) is 4.90 Å². The first-order valence-corrected chi connectivity index (χ1v) is 9.04. The van der Waals surface area contributed by atoms with Crippen LogP contribution in [0.2, 0.25) is 0 Å². The van der Waals surface area contributed by atoms with Crippen LogP contribution in [0, 0.1) is 0 Å². The maximum Gasteiger partial charge on any atom is 0.186 e. The molecule has 1 heterocycles. The van der Waals surface area contributed by atoms with Gasteiger partial charge in [0.05, 0.1) is 5.69 Å². The Morgan fingerprint density at radius 2 is 1.79 bits per heavy atom. The fourth-order valence-corrected chi connectivity index (χ4v) is 3.53. The molecule has 0 aliphatic carbocycles. The van der Waals surface area contributed by atoms with Gasteiger partial charge in [-0.15, -0.1) is 11.3 Å². The van der Waals surface area contributed by atoms with E-state index in [1.807, 2.05) is 12.1 Å². The van der Waals surface area contributed by atoms with Crippen LogP contribution in [-0.2, 0) is 6.54 Å². The first-order valence-electron chi connectivity index (χ1n) is 8.16. The molecule has 0 bridgehead atoms. The number of hydrogen-bond acceptors (Lipinski definition) is 3. The van der Waals surface area contributed by atoms with Gasteiger partial charge in [-0.05, 0) is 25.0 Å². The number of benzene rings is 2. The largest absolute Gasteiger partial charge is 0.341 e. The van der Waals surface area contributed by atoms with Crippen LogP contribution in [0.5, 0.6) is 0 Å². The summed E-state index contributed by atoms with van der Waals surface area (Å²) >= 11 is 1.71. The molecule has 1 aromatic heterocycles. The molecular weight excluding hydrogens is 312 g/mol. The standard InChI is InChI=1S/C21H22N2S/c1-4-17-10-12-18(13-11-17)14-23(16(2)3)21-22-20(15-24-21)19-8-6-5-7-9-19/h4-13,15-16H,1,14H2,2-3H3. The lowest BCUT2D eigenvalue weighted by molar-refractivity contribution is 0.680. The molecule has 0 unspecified atom stereocenters. The van der Waals surface area contributed by atoms with E-state index < -0.39 is 0 Å². The normalized spacial score (nSPS) is 10.8. The summed E-state index contributed by atoms with van der Waals surface area (Å²) in [6, 6.07) is 19.3. The highest BCUT2D eigenvalue weighted by Gasteiger charge is 2.15. The van der Waals surface area contributed by atoms with E-state index in [0.29, 0.717) is 6.04 Å². The molecule has 0 spiro atoms. The zero-order valence-electron chi connectivity index (χ0n) is 14.1. The zero-order valence-corrected chi connectivity index (χ0v) is 15.0. The van der Waals surface area contributed by atoms with E-state index in [4.69, 9.17) is 4.98 Å². The maximum absolute atomic E-state index is 4.86. The summed E-state index contributed by atoms with van der Waals surface area (Å²) in [5, 5.41) is 3.21. The van der Waals surface area contributed by atoms with Gasteiger partial charge < -0.3 is 4.90 Å². The molecule has 0 aliphatic rings. The third-order valence-corrected chi connectivity index (χ3v) is 4.88. The van der Waals surface area contributed by atoms with Crippen LogP contribution in [0.4, 0.5) is 5.13 Å². The van der Waals surface area contributed by atoms with E-state index in [1.54, 1.807) is 11.3 Å². The average molecular weight is 334 g/mol. The van der Waals surface area contributed by atoms with E-state index in [1.165, 1.54) is 11.1 Å². The number of hydrogen-bond donors (Lipinski definition) is 0. The Morgan fingerprint density at radius 1 is 1.08 bits per heavy atom. The topological polar surface area (TPSA) is 16.1 Å². The SMILES string of the molecule is C=Cc1ccc(CN(c2nc(-c3ccccc3)cs2)C(C)C)cc1. The van der Waals surface area contributed by atoms with Gasteiger partial charge in [0.2, 0.25) is 0 Å². The quantitative estimate of drug-likeness (QED) is 0.560. The van der Waals surface area contributed by atoms with Gasteiger partial charge in [-0.2, -0.15) is 0 Å². The Balaban J connectivity index is 1.83. The van der Waals surface area contributed by atoms with Crippen molar-refractivity contribution >= 4 is 22.5 Å². The number of anilines is 1. The second-order valence-electron chi connectivity index (χ2n) is 6.05. The summed E-state index contributed by atoms with van der Waals surface area (Å²) < 4.78 is 0. The molecule has 0 radical (unpaired) electrons. The lowest BCUT2D eigenvalue weighted by Crippen LogP contribution is -2.30. The molecule has 122 valence electrons. The summed E-state index contributed by atoms with van der Waals surface area (Å²) in [6.07, 6.45) is 1.87. The summed E-state index contributed by atoms with van der Waals surface area (Å²) in [5.74, 6) is 0. The molecule has 3 aromatic rings. The van der Waals surface area contributed by atoms with E-state index in [2.05, 4.69) is 79.2 Å². The summed E-state index contributed by atoms with van der Waals surface area (Å²) in [6.45, 7) is 9.09. The lowest BCUT2D eigenvalue weighted by Gasteiger charge is -2.26. The van der Waals surface area contributed by atoms with Crippen molar-refractivity contribution in [3.63, 3.8) is 0 Å². The van der Waals surface area contributed by atoms with Crippen LogP contribution in [0.25, 0.3) is 17.3 Å². The number of nitrogens with zero attached hydrogens (tertiary/aromatic N) is 2. The summed E-state index contributed by atoms with van der Waals surface area (Å²) in [4.78, 5) is 7.21. The molecule has 2 nitrogen and oxygen atoms in total. The smallest absolute Gasteiger partial charge is 0.186 e. The Bertz CT molecular complexity index is 788. The second kappa shape index (κ2) is 7.45. The Labute approximate surface area is 148 Å². The van der Waals surface area contributed by atoms with Crippen molar-refractivity contribution in [1.29, 1.82) is 0 Å². The minimum absolute atomic E-state index is 0.388. The Morgan fingerprint density at radius 3 is 2.42 bits per heavy atom. The third-order valence-electron chi connectivity index (χ3n) is 4.00. The van der Waals surface area contributed by atoms with Gasteiger partial charge in [-0.25, -0.2) is 4.98 Å². The molecule has 3 heteroatoms. The van der Waals surface area contributed by atoms with Gasteiger partial charge in [-0.1, -0.05) is 67.3 Å². The highest BCUT2D eigenvalue weighted by Crippen LogP contribution is 2.29. The van der Waals surface area contributed by atoms with Crippen molar-refractivity contribution in [2.45, 2.75) is 26.4 Å². The van der Waals surface area contributed by atoms with Crippen LogP contribution in [-0.4, -0.2) is 11.0 Å². The second-order valence-corrected chi connectivity index (χ2v) is 6.89. The van der Waals surface area contributed by atoms with Gasteiger partial charge in [0.15, 0.2) is 5.13 Å². The molecule has 0 aliphatic heterocycles. The Hall–Kier alpha value is -2.39. The van der Waals surface area contributed by atoms with Gasteiger partial charge >= 0.3 is 0 Å². The first-order chi connectivity index (χ1) is 11.7. The number of rotatable bonds is 6. The van der Waals surface area contributed by atoms with Crippen molar-refractivity contribution in [3.05, 3.63) is 77.7 Å². The highest BCUT2D eigenvalue weighted by molar-refractivity contribution is 7.14. The minimum Gasteiger partial charge on any atom is -0.341 e. The minimum atomic E-state index is 0.388. The molecule has 0 N–H and O–H groups in total. The molecule has 0 fully saturated rings. The van der Waals surface area contributed by atoms with E-state index in [0.717, 1.165) is 22.9 Å². The van der Waals surface area contributed by atoms with E-state index in [9.17, 15) is 0 Å². The van der Waals surface area contributed by atoms with Crippen molar-refractivity contribution < 1.29 is 0 Å². The highest BCUT2D eigenvalue weighted by atomic mass is 32.1. The zero-order chi connectivity index (χ0) is 16.9. The lowest BCUT2D eigenvalue weighted by atomic mass is 10.1. The molecule has 0 atom stereocenters. The van der Waals surface area contributed by atoms with Crippen molar-refractivity contribution in [3.8, 4) is 11.3 Å². The molecule has 0 saturated carbocycles. The molecular formula is C21H22N2S. The van der Waals surface area contributed by atoms with E-state index >= 15 is 0 Å².